The summed E-state index contributed by atoms with van der Waals surface area (Å²) in [7, 11) is 0. The van der Waals surface area contributed by atoms with E-state index in [4.69, 9.17) is 4.74 Å². The number of benzene rings is 1. The van der Waals surface area contributed by atoms with Crippen LogP contribution < -0.4 is 5.32 Å². The summed E-state index contributed by atoms with van der Waals surface area (Å²) in [6.45, 7) is 8.20. The molecule has 28 heavy (non-hydrogen) atoms. The third kappa shape index (κ3) is 6.89. The number of carbonyl (C=O) groups excluding carboxylic acids is 2. The van der Waals surface area contributed by atoms with E-state index < -0.39 is 6.10 Å². The Morgan fingerprint density at radius 2 is 1.89 bits per heavy atom. The fourth-order valence-corrected chi connectivity index (χ4v) is 3.34. The fraction of sp³-hybridized carbons (Fsp3) is 0.636. The summed E-state index contributed by atoms with van der Waals surface area (Å²) in [6.07, 6.45) is 2.27. The smallest absolute Gasteiger partial charge is 0.251 e. The van der Waals surface area contributed by atoms with E-state index in [1.807, 2.05) is 0 Å². The molecule has 5 nitrogen and oxygen atoms in total. The Morgan fingerprint density at radius 1 is 1.21 bits per heavy atom. The van der Waals surface area contributed by atoms with Gasteiger partial charge in [0, 0.05) is 32.2 Å². The molecule has 0 bridgehead atoms. The van der Waals surface area contributed by atoms with Crippen molar-refractivity contribution in [1.29, 1.82) is 0 Å². The van der Waals surface area contributed by atoms with Crippen LogP contribution in [0.5, 0.6) is 0 Å². The molecule has 1 saturated heterocycles. The van der Waals surface area contributed by atoms with E-state index in [0.29, 0.717) is 57.0 Å². The van der Waals surface area contributed by atoms with Crippen LogP contribution in [-0.4, -0.2) is 49.1 Å². The molecule has 156 valence electrons. The molecule has 0 aliphatic carbocycles. The Morgan fingerprint density at radius 3 is 2.54 bits per heavy atom. The molecule has 1 fully saturated rings. The number of rotatable bonds is 9. The number of nitrogens with one attached hydrogen (secondary N) is 1. The molecule has 0 saturated carbocycles. The Kier molecular flexibility index (Phi) is 8.90. The van der Waals surface area contributed by atoms with Gasteiger partial charge in [0.2, 0.25) is 5.91 Å². The van der Waals surface area contributed by atoms with Crippen LogP contribution >= 0.6 is 0 Å². The van der Waals surface area contributed by atoms with Gasteiger partial charge in [0.05, 0.1) is 0 Å². The highest BCUT2D eigenvalue weighted by atomic mass is 19.1. The average Bonchev–Trinajstić information content (AvgIpc) is 2.68. The Bertz CT molecular complexity index is 642. The molecule has 0 aromatic heterocycles. The highest BCUT2D eigenvalue weighted by Crippen LogP contribution is 2.19. The largest absolute Gasteiger partial charge is 0.369 e. The maximum atomic E-state index is 13.6. The molecular weight excluding hydrogens is 359 g/mol. The van der Waals surface area contributed by atoms with Gasteiger partial charge in [-0.15, -0.1) is 0 Å². The predicted molar refractivity (Wildman–Crippen MR) is 107 cm³/mol. The zero-order chi connectivity index (χ0) is 20.5. The molecule has 1 heterocycles. The van der Waals surface area contributed by atoms with Crippen molar-refractivity contribution in [2.24, 2.45) is 11.8 Å². The van der Waals surface area contributed by atoms with Gasteiger partial charge in [-0.05, 0) is 50.2 Å². The number of hydrogen-bond donors (Lipinski definition) is 1. The zero-order valence-electron chi connectivity index (χ0n) is 17.2. The maximum absolute atomic E-state index is 13.6. The SMILES string of the molecule is CC(C)CCOC(C)C(=O)N1CCC(C(=O)NCCc2ccccc2F)CC1. The minimum atomic E-state index is -0.440. The van der Waals surface area contributed by atoms with Crippen LogP contribution in [-0.2, 0) is 20.7 Å². The number of amides is 2. The Hall–Kier alpha value is -1.95. The van der Waals surface area contributed by atoms with Crippen molar-refractivity contribution < 1.29 is 18.7 Å². The minimum Gasteiger partial charge on any atom is -0.369 e. The highest BCUT2D eigenvalue weighted by molar-refractivity contribution is 5.82. The average molecular weight is 393 g/mol. The Balaban J connectivity index is 1.68. The van der Waals surface area contributed by atoms with E-state index in [9.17, 15) is 14.0 Å². The first-order valence-corrected chi connectivity index (χ1v) is 10.3. The van der Waals surface area contributed by atoms with E-state index in [1.54, 1.807) is 30.0 Å². The lowest BCUT2D eigenvalue weighted by molar-refractivity contribution is -0.145. The first kappa shape index (κ1) is 22.3. The first-order valence-electron chi connectivity index (χ1n) is 10.3. The van der Waals surface area contributed by atoms with Crippen LogP contribution in [0, 0.1) is 17.7 Å². The first-order chi connectivity index (χ1) is 13.4. The summed E-state index contributed by atoms with van der Waals surface area (Å²) in [5, 5.41) is 2.90. The van der Waals surface area contributed by atoms with Crippen LogP contribution in [0.25, 0.3) is 0 Å². The molecule has 1 atom stereocenters. The van der Waals surface area contributed by atoms with E-state index in [0.717, 1.165) is 6.42 Å². The number of piperidine rings is 1. The molecule has 1 aromatic carbocycles. The number of nitrogens with zero attached hydrogens (tertiary/aromatic N) is 1. The van der Waals surface area contributed by atoms with Crippen molar-refractivity contribution in [3.63, 3.8) is 0 Å². The van der Waals surface area contributed by atoms with E-state index >= 15 is 0 Å². The van der Waals surface area contributed by atoms with Crippen LogP contribution in [0.2, 0.25) is 0 Å². The number of ether oxygens (including phenoxy) is 1. The molecule has 1 N–H and O–H groups in total. The van der Waals surface area contributed by atoms with Gasteiger partial charge >= 0.3 is 0 Å². The predicted octanol–water partition coefficient (Wildman–Crippen LogP) is 3.17. The van der Waals surface area contributed by atoms with Gasteiger partial charge in [-0.3, -0.25) is 9.59 Å². The van der Waals surface area contributed by atoms with Crippen molar-refractivity contribution in [1.82, 2.24) is 10.2 Å². The minimum absolute atomic E-state index is 0.00201. The number of carbonyl (C=O) groups is 2. The van der Waals surface area contributed by atoms with Gasteiger partial charge in [-0.2, -0.15) is 0 Å². The number of hydrogen-bond acceptors (Lipinski definition) is 3. The second kappa shape index (κ2) is 11.1. The van der Waals surface area contributed by atoms with Crippen LogP contribution in [0.3, 0.4) is 0 Å². The quantitative estimate of drug-likeness (QED) is 0.702. The second-order valence-corrected chi connectivity index (χ2v) is 7.93. The summed E-state index contributed by atoms with van der Waals surface area (Å²) < 4.78 is 19.3. The van der Waals surface area contributed by atoms with Crippen LogP contribution in [0.15, 0.2) is 24.3 Å². The molecule has 1 unspecified atom stereocenters. The summed E-state index contributed by atoms with van der Waals surface area (Å²) in [4.78, 5) is 26.6. The van der Waals surface area contributed by atoms with Crippen molar-refractivity contribution in [2.45, 2.75) is 52.6 Å². The normalized spacial score (nSPS) is 16.2. The highest BCUT2D eigenvalue weighted by Gasteiger charge is 2.29. The molecule has 1 aliphatic heterocycles. The van der Waals surface area contributed by atoms with Gasteiger partial charge in [0.1, 0.15) is 11.9 Å². The summed E-state index contributed by atoms with van der Waals surface area (Å²) >= 11 is 0. The number of likely N-dealkylation sites (tertiary alicyclic amines) is 1. The molecular formula is C22H33FN2O3. The molecule has 2 rings (SSSR count). The van der Waals surface area contributed by atoms with Gasteiger partial charge in [0.15, 0.2) is 0 Å². The fourth-order valence-electron chi connectivity index (χ4n) is 3.34. The molecule has 1 aliphatic rings. The lowest BCUT2D eigenvalue weighted by atomic mass is 9.95. The second-order valence-electron chi connectivity index (χ2n) is 7.93. The van der Waals surface area contributed by atoms with Crippen LogP contribution in [0.4, 0.5) is 4.39 Å². The summed E-state index contributed by atoms with van der Waals surface area (Å²) in [5.74, 6) is 0.205. The third-order valence-corrected chi connectivity index (χ3v) is 5.24. The van der Waals surface area contributed by atoms with Gasteiger partial charge in [0.25, 0.3) is 5.91 Å². The van der Waals surface area contributed by atoms with Crippen molar-refractivity contribution in [3.05, 3.63) is 35.6 Å². The molecule has 6 heteroatoms. The molecule has 0 radical (unpaired) electrons. The van der Waals surface area contributed by atoms with Crippen LogP contribution in [0.1, 0.15) is 45.6 Å². The lowest BCUT2D eigenvalue weighted by Crippen LogP contribution is -2.46. The van der Waals surface area contributed by atoms with Crippen molar-refractivity contribution >= 4 is 11.8 Å². The van der Waals surface area contributed by atoms with Crippen molar-refractivity contribution in [3.8, 4) is 0 Å². The standard InChI is InChI=1S/C22H33FN2O3/c1-16(2)11-15-28-17(3)22(27)25-13-9-19(10-14-25)21(26)24-12-8-18-6-4-5-7-20(18)23/h4-7,16-17,19H,8-15H2,1-3H3,(H,24,26). The molecule has 1 aromatic rings. The van der Waals surface area contributed by atoms with E-state index in [-0.39, 0.29) is 23.5 Å². The summed E-state index contributed by atoms with van der Waals surface area (Å²) in [6, 6.07) is 6.61. The van der Waals surface area contributed by atoms with Crippen molar-refractivity contribution in [2.75, 3.05) is 26.2 Å². The topological polar surface area (TPSA) is 58.6 Å². The number of halogens is 1. The Labute approximate surface area is 167 Å². The molecule has 0 spiro atoms. The van der Waals surface area contributed by atoms with E-state index in [1.165, 1.54) is 6.07 Å². The summed E-state index contributed by atoms with van der Waals surface area (Å²) in [5.41, 5.74) is 0.606. The third-order valence-electron chi connectivity index (χ3n) is 5.24. The van der Waals surface area contributed by atoms with Gasteiger partial charge in [-0.1, -0.05) is 32.0 Å². The molecule has 2 amide bonds. The van der Waals surface area contributed by atoms with E-state index in [2.05, 4.69) is 19.2 Å². The van der Waals surface area contributed by atoms with Gasteiger partial charge < -0.3 is 15.0 Å². The zero-order valence-corrected chi connectivity index (χ0v) is 17.2. The lowest BCUT2D eigenvalue weighted by Gasteiger charge is -2.33. The van der Waals surface area contributed by atoms with Gasteiger partial charge in [-0.25, -0.2) is 4.39 Å². The monoisotopic (exact) mass is 392 g/mol. The maximum Gasteiger partial charge on any atom is 0.251 e.